The second-order valence-corrected chi connectivity index (χ2v) is 9.75. The molecule has 0 amide bonds. The van der Waals surface area contributed by atoms with Crippen molar-refractivity contribution in [2.45, 2.75) is 6.42 Å². The lowest BCUT2D eigenvalue weighted by Crippen LogP contribution is -1.87. The van der Waals surface area contributed by atoms with Crippen molar-refractivity contribution in [3.05, 3.63) is 119 Å². The van der Waals surface area contributed by atoms with Gasteiger partial charge in [0, 0.05) is 27.6 Å². The summed E-state index contributed by atoms with van der Waals surface area (Å²) < 4.78 is 0. The highest BCUT2D eigenvalue weighted by atomic mass is 14.8. The van der Waals surface area contributed by atoms with Gasteiger partial charge in [-0.05, 0) is 101 Å². The second kappa shape index (κ2) is 7.77. The number of nitrogens with one attached hydrogen (secondary N) is 2. The van der Waals surface area contributed by atoms with E-state index in [0.717, 1.165) is 51.3 Å². The minimum atomic E-state index is 0.904. The number of rotatable bonds is 1. The largest absolute Gasteiger partial charge is 0.355 e. The lowest BCUT2D eigenvalue weighted by molar-refractivity contribution is 1.26. The average molecular weight is 475 g/mol. The van der Waals surface area contributed by atoms with Gasteiger partial charge in [0.15, 0.2) is 0 Å². The number of fused-ring (bicyclic) bond motifs is 11. The third-order valence-electron chi connectivity index (χ3n) is 7.31. The Balaban J connectivity index is 1.41. The van der Waals surface area contributed by atoms with Gasteiger partial charge in [0.2, 0.25) is 0 Å². The SMILES string of the molecule is C1=Cc2cc3ccc(cc4cc(-c5cccc6c5Cc5ccccc5-6)c(cc5nc(cc1n2)C=C5)[nH]4)[nH]3. The summed E-state index contributed by atoms with van der Waals surface area (Å²) in [6.07, 6.45) is 9.12. The second-order valence-electron chi connectivity index (χ2n) is 9.75. The van der Waals surface area contributed by atoms with Crippen LogP contribution in [0, 0.1) is 0 Å². The lowest BCUT2D eigenvalue weighted by Gasteiger charge is -2.07. The van der Waals surface area contributed by atoms with Crippen molar-refractivity contribution in [2.75, 3.05) is 0 Å². The summed E-state index contributed by atoms with van der Waals surface area (Å²) in [6.45, 7) is 0. The van der Waals surface area contributed by atoms with Crippen molar-refractivity contribution >= 4 is 46.4 Å². The predicted octanol–water partition coefficient (Wildman–Crippen LogP) is 7.89. The Morgan fingerprint density at radius 2 is 1.14 bits per heavy atom. The first kappa shape index (κ1) is 20.3. The van der Waals surface area contributed by atoms with Crippen LogP contribution in [0.3, 0.4) is 0 Å². The Bertz CT molecular complexity index is 1970. The number of aromatic amines is 2. The number of hydrogen-bond acceptors (Lipinski definition) is 2. The maximum Gasteiger partial charge on any atom is 0.0659 e. The molecule has 0 radical (unpaired) electrons. The van der Waals surface area contributed by atoms with E-state index in [0.29, 0.717) is 0 Å². The molecule has 37 heavy (non-hydrogen) atoms. The molecule has 8 rings (SSSR count). The van der Waals surface area contributed by atoms with Crippen LogP contribution in [-0.2, 0) is 6.42 Å². The standard InChI is InChI=1S/C33H22N4/c1-2-5-28-20(4-1)14-31-29(28)6-3-7-30(31)32-18-27-17-25-11-10-23(35-25)15-21-8-9-22(34-21)16-24-12-13-26(36-24)19-33(32)37-27/h1-13,15-19,35,37H,14H2. The molecular formula is C33H22N4. The highest BCUT2D eigenvalue weighted by Gasteiger charge is 2.22. The average Bonchev–Trinajstić information content (AvgIpc) is 3.72. The maximum absolute atomic E-state index is 4.86. The molecule has 2 N–H and O–H groups in total. The molecule has 5 heterocycles. The Kier molecular flexibility index (Phi) is 4.25. The van der Waals surface area contributed by atoms with Crippen LogP contribution < -0.4 is 0 Å². The normalized spacial score (nSPS) is 13.1. The minimum Gasteiger partial charge on any atom is -0.355 e. The zero-order valence-electron chi connectivity index (χ0n) is 20.0. The van der Waals surface area contributed by atoms with Gasteiger partial charge in [0.25, 0.3) is 0 Å². The van der Waals surface area contributed by atoms with Gasteiger partial charge in [0.05, 0.1) is 22.8 Å². The van der Waals surface area contributed by atoms with E-state index in [9.17, 15) is 0 Å². The van der Waals surface area contributed by atoms with Crippen molar-refractivity contribution in [3.8, 4) is 22.3 Å². The molecule has 5 aromatic rings. The van der Waals surface area contributed by atoms with Crippen molar-refractivity contribution in [3.63, 3.8) is 0 Å². The third-order valence-corrected chi connectivity index (χ3v) is 7.31. The summed E-state index contributed by atoms with van der Waals surface area (Å²) in [4.78, 5) is 16.8. The van der Waals surface area contributed by atoms with Gasteiger partial charge < -0.3 is 9.97 Å². The summed E-state index contributed by atoms with van der Waals surface area (Å²) in [5.41, 5.74) is 15.7. The fraction of sp³-hybridized carbons (Fsp3) is 0.0303. The Hall–Kier alpha value is -4.96. The zero-order valence-corrected chi connectivity index (χ0v) is 20.0. The predicted molar refractivity (Wildman–Crippen MR) is 153 cm³/mol. The van der Waals surface area contributed by atoms with Gasteiger partial charge in [-0.25, -0.2) is 9.97 Å². The van der Waals surface area contributed by atoms with E-state index in [1.807, 2.05) is 24.3 Å². The van der Waals surface area contributed by atoms with Crippen LogP contribution in [0.1, 0.15) is 33.9 Å². The van der Waals surface area contributed by atoms with E-state index >= 15 is 0 Å². The number of H-pyrrole nitrogens is 2. The highest BCUT2D eigenvalue weighted by Crippen LogP contribution is 2.42. The first-order chi connectivity index (χ1) is 18.2. The quantitative estimate of drug-likeness (QED) is 0.254. The van der Waals surface area contributed by atoms with E-state index in [4.69, 9.17) is 9.97 Å². The van der Waals surface area contributed by atoms with Crippen LogP contribution in [0.5, 0.6) is 0 Å². The topological polar surface area (TPSA) is 57.4 Å². The molecular weight excluding hydrogens is 452 g/mol. The fourth-order valence-corrected chi connectivity index (χ4v) is 5.65. The zero-order chi connectivity index (χ0) is 24.3. The molecule has 2 aliphatic heterocycles. The molecule has 8 bridgehead atoms. The molecule has 0 atom stereocenters. The molecule has 2 aromatic carbocycles. The van der Waals surface area contributed by atoms with Gasteiger partial charge in [0.1, 0.15) is 0 Å². The maximum atomic E-state index is 4.86. The number of hydrogen-bond donors (Lipinski definition) is 2. The van der Waals surface area contributed by atoms with Crippen molar-refractivity contribution in [2.24, 2.45) is 0 Å². The monoisotopic (exact) mass is 474 g/mol. The smallest absolute Gasteiger partial charge is 0.0659 e. The van der Waals surface area contributed by atoms with Gasteiger partial charge in [-0.1, -0.05) is 42.5 Å². The number of nitrogens with zero attached hydrogens (tertiary/aromatic N) is 2. The summed E-state index contributed by atoms with van der Waals surface area (Å²) in [5, 5.41) is 0. The van der Waals surface area contributed by atoms with Gasteiger partial charge >= 0.3 is 0 Å². The first-order valence-corrected chi connectivity index (χ1v) is 12.5. The van der Waals surface area contributed by atoms with Crippen molar-refractivity contribution < 1.29 is 0 Å². The Morgan fingerprint density at radius 3 is 1.95 bits per heavy atom. The molecule has 4 heteroatoms. The third kappa shape index (κ3) is 3.46. The summed E-state index contributed by atoms with van der Waals surface area (Å²) in [7, 11) is 0. The van der Waals surface area contributed by atoms with Crippen molar-refractivity contribution in [1.29, 1.82) is 0 Å². The molecule has 3 aromatic heterocycles. The van der Waals surface area contributed by atoms with Crippen LogP contribution in [0.2, 0.25) is 0 Å². The fourth-order valence-electron chi connectivity index (χ4n) is 5.65. The van der Waals surface area contributed by atoms with Gasteiger partial charge in [-0.15, -0.1) is 0 Å². The van der Waals surface area contributed by atoms with Crippen LogP contribution >= 0.6 is 0 Å². The van der Waals surface area contributed by atoms with Crippen molar-refractivity contribution in [1.82, 2.24) is 19.9 Å². The lowest BCUT2D eigenvalue weighted by atomic mass is 9.96. The summed E-state index contributed by atoms with van der Waals surface area (Å²) >= 11 is 0. The highest BCUT2D eigenvalue weighted by molar-refractivity contribution is 5.93. The molecule has 0 saturated heterocycles. The molecule has 0 unspecified atom stereocenters. The minimum absolute atomic E-state index is 0.904. The molecule has 0 spiro atoms. The van der Waals surface area contributed by atoms with E-state index in [2.05, 4.69) is 94.9 Å². The molecule has 3 aliphatic rings. The molecule has 0 saturated carbocycles. The summed E-state index contributed by atoms with van der Waals surface area (Å²) in [6, 6.07) is 30.2. The number of benzene rings is 2. The van der Waals surface area contributed by atoms with E-state index in [-0.39, 0.29) is 0 Å². The molecule has 4 nitrogen and oxygen atoms in total. The van der Waals surface area contributed by atoms with Crippen LogP contribution in [-0.4, -0.2) is 19.9 Å². The van der Waals surface area contributed by atoms with E-state index in [1.165, 1.54) is 33.4 Å². The van der Waals surface area contributed by atoms with E-state index in [1.54, 1.807) is 0 Å². The van der Waals surface area contributed by atoms with Gasteiger partial charge in [-0.3, -0.25) is 0 Å². The van der Waals surface area contributed by atoms with Crippen LogP contribution in [0.4, 0.5) is 0 Å². The van der Waals surface area contributed by atoms with Crippen LogP contribution in [0.15, 0.2) is 84.9 Å². The molecule has 0 fully saturated rings. The van der Waals surface area contributed by atoms with Gasteiger partial charge in [-0.2, -0.15) is 0 Å². The molecule has 174 valence electrons. The number of aromatic nitrogens is 4. The Labute approximate surface area is 213 Å². The Morgan fingerprint density at radius 1 is 0.486 bits per heavy atom. The first-order valence-electron chi connectivity index (χ1n) is 12.5. The molecule has 1 aliphatic carbocycles. The summed E-state index contributed by atoms with van der Waals surface area (Å²) in [5.74, 6) is 0. The van der Waals surface area contributed by atoms with Crippen LogP contribution in [0.25, 0.3) is 68.6 Å². The van der Waals surface area contributed by atoms with E-state index < -0.39 is 0 Å².